The summed E-state index contributed by atoms with van der Waals surface area (Å²) in [4.78, 5) is 4.67. The van der Waals surface area contributed by atoms with Gasteiger partial charge in [-0.1, -0.05) is 0 Å². The highest BCUT2D eigenvalue weighted by molar-refractivity contribution is 6.20. The average molecular weight is 304 g/mol. The maximum Gasteiger partial charge on any atom is 0.128 e. The maximum absolute atomic E-state index is 9.15. The molecule has 1 fully saturated rings. The van der Waals surface area contributed by atoms with E-state index >= 15 is 0 Å². The number of aromatic nitrogens is 2. The zero-order valence-electron chi connectivity index (χ0n) is 12.3. The molecule has 3 rings (SSSR count). The summed E-state index contributed by atoms with van der Waals surface area (Å²) < 4.78 is 7.87. The first-order valence-corrected chi connectivity index (χ1v) is 7.63. The third-order valence-electron chi connectivity index (χ3n) is 4.12. The summed E-state index contributed by atoms with van der Waals surface area (Å²) in [6, 6.07) is 7.77. The van der Waals surface area contributed by atoms with Crippen LogP contribution in [0.5, 0.6) is 0 Å². The van der Waals surface area contributed by atoms with Crippen molar-refractivity contribution >= 4 is 22.6 Å². The molecule has 2 atom stereocenters. The second-order valence-electron chi connectivity index (χ2n) is 5.89. The molecule has 1 aliphatic rings. The van der Waals surface area contributed by atoms with Crippen molar-refractivity contribution in [2.75, 3.05) is 13.2 Å². The smallest absolute Gasteiger partial charge is 0.128 e. The minimum absolute atomic E-state index is 0.167. The standard InChI is InChI=1S/C16H18ClN3O/c1-11(17)15-19-13-5-4-12(9-18)8-14(13)20(15)16(2)6-3-7-21-10-16/h4-5,8,11H,3,6-7,10H2,1-2H3. The van der Waals surface area contributed by atoms with E-state index in [1.54, 1.807) is 6.07 Å². The van der Waals surface area contributed by atoms with Gasteiger partial charge < -0.3 is 9.30 Å². The minimum Gasteiger partial charge on any atom is -0.379 e. The lowest BCUT2D eigenvalue weighted by Crippen LogP contribution is -2.40. The lowest BCUT2D eigenvalue weighted by molar-refractivity contribution is 0.0101. The first-order valence-electron chi connectivity index (χ1n) is 7.20. The molecule has 1 aromatic heterocycles. The molecule has 2 aromatic rings. The zero-order chi connectivity index (χ0) is 15.0. The molecule has 0 spiro atoms. The number of hydrogen-bond donors (Lipinski definition) is 0. The van der Waals surface area contributed by atoms with Crippen LogP contribution in [0, 0.1) is 11.3 Å². The van der Waals surface area contributed by atoms with Gasteiger partial charge in [-0.15, -0.1) is 11.6 Å². The summed E-state index contributed by atoms with van der Waals surface area (Å²) >= 11 is 6.35. The van der Waals surface area contributed by atoms with Crippen LogP contribution in [-0.4, -0.2) is 22.8 Å². The molecule has 4 nitrogen and oxygen atoms in total. The van der Waals surface area contributed by atoms with Crippen LogP contribution in [0.3, 0.4) is 0 Å². The van der Waals surface area contributed by atoms with E-state index in [1.807, 2.05) is 19.1 Å². The maximum atomic E-state index is 9.15. The topological polar surface area (TPSA) is 50.8 Å². The monoisotopic (exact) mass is 303 g/mol. The Bertz CT molecular complexity index is 708. The van der Waals surface area contributed by atoms with Gasteiger partial charge in [-0.3, -0.25) is 0 Å². The zero-order valence-corrected chi connectivity index (χ0v) is 13.0. The Kier molecular flexibility index (Phi) is 3.64. The number of rotatable bonds is 2. The normalized spacial score (nSPS) is 23.9. The van der Waals surface area contributed by atoms with E-state index in [1.165, 1.54) is 0 Å². The second-order valence-corrected chi connectivity index (χ2v) is 6.54. The van der Waals surface area contributed by atoms with Crippen molar-refractivity contribution in [3.05, 3.63) is 29.6 Å². The fourth-order valence-electron chi connectivity index (χ4n) is 3.09. The van der Waals surface area contributed by atoms with Crippen LogP contribution in [0.4, 0.5) is 0 Å². The van der Waals surface area contributed by atoms with Gasteiger partial charge in [0, 0.05) is 6.61 Å². The van der Waals surface area contributed by atoms with Gasteiger partial charge in [0.2, 0.25) is 0 Å². The van der Waals surface area contributed by atoms with E-state index in [9.17, 15) is 0 Å². The fraction of sp³-hybridized carbons (Fsp3) is 0.500. The molecule has 2 unspecified atom stereocenters. The fourth-order valence-corrected chi connectivity index (χ4v) is 3.24. The molecular formula is C16H18ClN3O. The molecule has 110 valence electrons. The number of benzene rings is 1. The summed E-state index contributed by atoms with van der Waals surface area (Å²) in [7, 11) is 0. The van der Waals surface area contributed by atoms with E-state index in [0.29, 0.717) is 12.2 Å². The van der Waals surface area contributed by atoms with Gasteiger partial charge in [-0.05, 0) is 44.9 Å². The van der Waals surface area contributed by atoms with E-state index < -0.39 is 0 Å². The van der Waals surface area contributed by atoms with Gasteiger partial charge in [0.25, 0.3) is 0 Å². The van der Waals surface area contributed by atoms with E-state index in [0.717, 1.165) is 36.3 Å². The van der Waals surface area contributed by atoms with Crippen LogP contribution in [-0.2, 0) is 10.3 Å². The number of fused-ring (bicyclic) bond motifs is 1. The Hall–Kier alpha value is -1.57. The molecule has 0 N–H and O–H groups in total. The Morgan fingerprint density at radius 1 is 1.52 bits per heavy atom. The second kappa shape index (κ2) is 5.32. The summed E-state index contributed by atoms with van der Waals surface area (Å²) in [5.74, 6) is 0.842. The molecule has 0 bridgehead atoms. The summed E-state index contributed by atoms with van der Waals surface area (Å²) in [5.41, 5.74) is 2.31. The van der Waals surface area contributed by atoms with Crippen LogP contribution in [0.15, 0.2) is 18.2 Å². The van der Waals surface area contributed by atoms with Crippen LogP contribution in [0.1, 0.15) is 43.5 Å². The molecule has 0 aliphatic carbocycles. The van der Waals surface area contributed by atoms with Gasteiger partial charge in [0.05, 0.1) is 40.2 Å². The van der Waals surface area contributed by atoms with E-state index in [-0.39, 0.29) is 10.9 Å². The number of nitriles is 1. The lowest BCUT2D eigenvalue weighted by atomic mass is 9.93. The highest BCUT2D eigenvalue weighted by atomic mass is 35.5. The van der Waals surface area contributed by atoms with Gasteiger partial charge in [-0.25, -0.2) is 4.98 Å². The van der Waals surface area contributed by atoms with E-state index in [2.05, 4.69) is 22.5 Å². The molecule has 1 saturated heterocycles. The highest BCUT2D eigenvalue weighted by Crippen LogP contribution is 2.35. The van der Waals surface area contributed by atoms with Crippen molar-refractivity contribution in [2.45, 2.75) is 37.6 Å². The van der Waals surface area contributed by atoms with Crippen molar-refractivity contribution < 1.29 is 4.74 Å². The predicted octanol–water partition coefficient (Wildman–Crippen LogP) is 3.73. The lowest BCUT2D eigenvalue weighted by Gasteiger charge is -2.37. The number of nitrogens with zero attached hydrogens (tertiary/aromatic N) is 3. The molecular weight excluding hydrogens is 286 g/mol. The number of ether oxygens (including phenoxy) is 1. The van der Waals surface area contributed by atoms with Crippen molar-refractivity contribution in [1.29, 1.82) is 5.26 Å². The molecule has 0 amide bonds. The average Bonchev–Trinajstić information content (AvgIpc) is 2.87. The summed E-state index contributed by atoms with van der Waals surface area (Å²) in [6.07, 6.45) is 2.04. The molecule has 2 heterocycles. The van der Waals surface area contributed by atoms with Crippen LogP contribution >= 0.6 is 11.6 Å². The third-order valence-corrected chi connectivity index (χ3v) is 4.32. The first kappa shape index (κ1) is 14.4. The Balaban J connectivity index is 2.26. The molecule has 1 aromatic carbocycles. The molecule has 1 aliphatic heterocycles. The van der Waals surface area contributed by atoms with Crippen molar-refractivity contribution in [3.8, 4) is 6.07 Å². The van der Waals surface area contributed by atoms with Crippen LogP contribution in [0.2, 0.25) is 0 Å². The summed E-state index contributed by atoms with van der Waals surface area (Å²) in [5, 5.41) is 8.96. The van der Waals surface area contributed by atoms with Crippen molar-refractivity contribution in [3.63, 3.8) is 0 Å². The SMILES string of the molecule is CC(Cl)c1nc2ccc(C#N)cc2n1C1(C)CCCOC1. The predicted molar refractivity (Wildman–Crippen MR) is 82.4 cm³/mol. The van der Waals surface area contributed by atoms with Crippen molar-refractivity contribution in [1.82, 2.24) is 9.55 Å². The van der Waals surface area contributed by atoms with E-state index in [4.69, 9.17) is 21.6 Å². The molecule has 0 saturated carbocycles. The largest absolute Gasteiger partial charge is 0.379 e. The molecule has 5 heteroatoms. The van der Waals surface area contributed by atoms with Crippen LogP contribution in [0.25, 0.3) is 11.0 Å². The molecule has 0 radical (unpaired) electrons. The van der Waals surface area contributed by atoms with Gasteiger partial charge >= 0.3 is 0 Å². The summed E-state index contributed by atoms with van der Waals surface area (Å²) in [6.45, 7) is 5.55. The number of imidazole rings is 1. The quantitative estimate of drug-likeness (QED) is 0.794. The Morgan fingerprint density at radius 2 is 2.33 bits per heavy atom. The number of halogens is 1. The Morgan fingerprint density at radius 3 is 2.95 bits per heavy atom. The number of alkyl halides is 1. The Labute approximate surface area is 129 Å². The van der Waals surface area contributed by atoms with Gasteiger partial charge in [0.15, 0.2) is 0 Å². The third kappa shape index (κ3) is 2.41. The van der Waals surface area contributed by atoms with Gasteiger partial charge in [0.1, 0.15) is 5.82 Å². The highest BCUT2D eigenvalue weighted by Gasteiger charge is 2.34. The first-order chi connectivity index (χ1) is 10.0. The van der Waals surface area contributed by atoms with Gasteiger partial charge in [-0.2, -0.15) is 5.26 Å². The minimum atomic E-state index is -0.193. The van der Waals surface area contributed by atoms with Crippen molar-refractivity contribution in [2.24, 2.45) is 0 Å². The van der Waals surface area contributed by atoms with Crippen LogP contribution < -0.4 is 0 Å². The number of hydrogen-bond acceptors (Lipinski definition) is 3. The molecule has 21 heavy (non-hydrogen) atoms.